The lowest BCUT2D eigenvalue weighted by molar-refractivity contribution is -0.763. The van der Waals surface area contributed by atoms with Crippen LogP contribution in [0.2, 0.25) is 0 Å². The summed E-state index contributed by atoms with van der Waals surface area (Å²) in [5, 5.41) is 5.69. The first kappa shape index (κ1) is 19.9. The van der Waals surface area contributed by atoms with E-state index in [1.54, 1.807) is 21.8 Å². The second-order valence-corrected chi connectivity index (χ2v) is 5.45. The number of likely N-dealkylation sites (N-methyl/N-ethyl adjacent to an activating group) is 1. The fourth-order valence-corrected chi connectivity index (χ4v) is 2.43. The Hall–Kier alpha value is -2.15. The van der Waals surface area contributed by atoms with Crippen LogP contribution >= 0.6 is 0 Å². The van der Waals surface area contributed by atoms with Crippen molar-refractivity contribution in [1.82, 2.24) is 10.00 Å². The molecule has 0 fully saturated rings. The minimum atomic E-state index is -0.122. The number of benzene rings is 1. The van der Waals surface area contributed by atoms with E-state index in [0.29, 0.717) is 6.54 Å². The van der Waals surface area contributed by atoms with E-state index >= 15 is 0 Å². The van der Waals surface area contributed by atoms with Crippen LogP contribution in [0.3, 0.4) is 0 Å². The van der Waals surface area contributed by atoms with Crippen LogP contribution in [0.15, 0.2) is 36.7 Å². The average Bonchev–Trinajstić information content (AvgIpc) is 2.90. The van der Waals surface area contributed by atoms with Gasteiger partial charge in [-0.2, -0.15) is 4.68 Å². The van der Waals surface area contributed by atoms with Gasteiger partial charge in [-0.05, 0) is 31.9 Å². The molecular formula is C17H23BrN4O2. The molecule has 0 aliphatic carbocycles. The highest BCUT2D eigenvalue weighted by Crippen LogP contribution is 2.19. The van der Waals surface area contributed by atoms with E-state index in [9.17, 15) is 9.59 Å². The summed E-state index contributed by atoms with van der Waals surface area (Å²) >= 11 is 0. The normalized spacial score (nSPS) is 9.96. The molecule has 130 valence electrons. The molecule has 6 nitrogen and oxygen atoms in total. The maximum atomic E-state index is 12.3. The second kappa shape index (κ2) is 9.22. The van der Waals surface area contributed by atoms with Crippen molar-refractivity contribution in [3.05, 3.63) is 47.8 Å². The number of nitrogens with zero attached hydrogens (tertiary/aromatic N) is 2. The first-order valence-electron chi connectivity index (χ1n) is 7.69. The van der Waals surface area contributed by atoms with Crippen molar-refractivity contribution in [2.75, 3.05) is 11.9 Å². The summed E-state index contributed by atoms with van der Waals surface area (Å²) in [5.41, 5.74) is 2.90. The van der Waals surface area contributed by atoms with Crippen molar-refractivity contribution in [2.45, 2.75) is 33.9 Å². The topological polar surface area (TPSA) is 67.0 Å². The van der Waals surface area contributed by atoms with E-state index in [-0.39, 0.29) is 41.9 Å². The van der Waals surface area contributed by atoms with Crippen LogP contribution in [0.25, 0.3) is 0 Å². The number of carbonyl (C=O) groups is 2. The predicted molar refractivity (Wildman–Crippen MR) is 87.9 cm³/mol. The van der Waals surface area contributed by atoms with Gasteiger partial charge < -0.3 is 27.6 Å². The van der Waals surface area contributed by atoms with Gasteiger partial charge in [0.05, 0.1) is 6.20 Å². The Bertz CT molecular complexity index is 692. The fraction of sp³-hybridized carbons (Fsp3) is 0.353. The number of nitrogens with one attached hydrogen (secondary N) is 2. The molecule has 0 bridgehead atoms. The van der Waals surface area contributed by atoms with Crippen LogP contribution in [-0.4, -0.2) is 23.0 Å². The van der Waals surface area contributed by atoms with E-state index in [0.717, 1.165) is 16.8 Å². The van der Waals surface area contributed by atoms with Gasteiger partial charge in [0, 0.05) is 18.3 Å². The van der Waals surface area contributed by atoms with Crippen molar-refractivity contribution in [3.63, 3.8) is 0 Å². The average molecular weight is 395 g/mol. The molecule has 0 radical (unpaired) electrons. The molecule has 1 aromatic heterocycles. The maximum absolute atomic E-state index is 12.3. The van der Waals surface area contributed by atoms with Gasteiger partial charge in [0.2, 0.25) is 12.5 Å². The van der Waals surface area contributed by atoms with E-state index in [1.807, 2.05) is 45.0 Å². The minimum Gasteiger partial charge on any atom is -1.00 e. The molecule has 0 aliphatic heterocycles. The van der Waals surface area contributed by atoms with Gasteiger partial charge in [0.1, 0.15) is 0 Å². The molecule has 0 saturated carbocycles. The third kappa shape index (κ3) is 5.19. The summed E-state index contributed by atoms with van der Waals surface area (Å²) in [4.78, 5) is 24.0. The maximum Gasteiger partial charge on any atom is 0.292 e. The molecule has 1 aromatic carbocycles. The van der Waals surface area contributed by atoms with Crippen molar-refractivity contribution in [2.24, 2.45) is 0 Å². The van der Waals surface area contributed by atoms with Gasteiger partial charge >= 0.3 is 0 Å². The lowest BCUT2D eigenvalue weighted by Crippen LogP contribution is -3.00. The molecule has 7 heteroatoms. The third-order valence-corrected chi connectivity index (χ3v) is 3.58. The minimum absolute atomic E-state index is 0. The number of amides is 2. The van der Waals surface area contributed by atoms with Crippen molar-refractivity contribution >= 4 is 17.5 Å². The summed E-state index contributed by atoms with van der Waals surface area (Å²) in [7, 11) is 0. The van der Waals surface area contributed by atoms with E-state index < -0.39 is 0 Å². The van der Waals surface area contributed by atoms with Crippen LogP contribution in [0.4, 0.5) is 5.69 Å². The van der Waals surface area contributed by atoms with Gasteiger partial charge in [0.25, 0.3) is 5.91 Å². The molecule has 2 aromatic rings. The monoisotopic (exact) mass is 394 g/mol. The quantitative estimate of drug-likeness (QED) is 0.566. The molecule has 0 atom stereocenters. The van der Waals surface area contributed by atoms with Crippen molar-refractivity contribution in [3.8, 4) is 0 Å². The molecule has 2 N–H and O–H groups in total. The van der Waals surface area contributed by atoms with Crippen LogP contribution in [0.1, 0.15) is 18.1 Å². The zero-order chi connectivity index (χ0) is 16.8. The molecule has 0 saturated heterocycles. The number of rotatable bonds is 6. The lowest BCUT2D eigenvalue weighted by Gasteiger charge is -2.10. The summed E-state index contributed by atoms with van der Waals surface area (Å²) < 4.78 is 3.44. The van der Waals surface area contributed by atoms with Gasteiger partial charge in [-0.1, -0.05) is 18.2 Å². The highest BCUT2D eigenvalue weighted by atomic mass is 79.9. The summed E-state index contributed by atoms with van der Waals surface area (Å²) in [6, 6.07) is 7.71. The Morgan fingerprint density at radius 2 is 1.79 bits per heavy atom. The van der Waals surface area contributed by atoms with Gasteiger partial charge in [-0.25, -0.2) is 0 Å². The van der Waals surface area contributed by atoms with E-state index in [1.165, 1.54) is 0 Å². The number of aromatic nitrogens is 2. The van der Waals surface area contributed by atoms with Crippen molar-refractivity contribution in [1.29, 1.82) is 0 Å². The zero-order valence-electron chi connectivity index (χ0n) is 14.2. The fourth-order valence-electron chi connectivity index (χ4n) is 2.43. The highest BCUT2D eigenvalue weighted by molar-refractivity contribution is 5.91. The van der Waals surface area contributed by atoms with Crippen LogP contribution < -0.4 is 32.3 Å². The number of anilines is 1. The first-order chi connectivity index (χ1) is 11.0. The molecule has 0 spiro atoms. The smallest absolute Gasteiger partial charge is 0.292 e. The molecule has 2 amide bonds. The van der Waals surface area contributed by atoms with Gasteiger partial charge in [-0.3, -0.25) is 9.59 Å². The van der Waals surface area contributed by atoms with Gasteiger partial charge in [0.15, 0.2) is 12.7 Å². The zero-order valence-corrected chi connectivity index (χ0v) is 15.8. The summed E-state index contributed by atoms with van der Waals surface area (Å²) in [5.74, 6) is -0.198. The molecule has 0 aliphatic rings. The SMILES string of the molecule is CCNC(=O)Cn1ccc[n+]1CC(=O)Nc1c(C)cccc1C.[Br-]. The number of carbonyl (C=O) groups excluding carboxylic acids is 2. The third-order valence-electron chi connectivity index (χ3n) is 3.58. The Morgan fingerprint density at radius 3 is 2.42 bits per heavy atom. The van der Waals surface area contributed by atoms with Crippen molar-refractivity contribution < 1.29 is 31.3 Å². The molecule has 1 heterocycles. The first-order valence-corrected chi connectivity index (χ1v) is 7.69. The lowest BCUT2D eigenvalue weighted by atomic mass is 10.1. The van der Waals surface area contributed by atoms with Crippen LogP contribution in [-0.2, 0) is 22.7 Å². The molecular weight excluding hydrogens is 372 g/mol. The largest absolute Gasteiger partial charge is 1.00 e. The van der Waals surface area contributed by atoms with E-state index in [4.69, 9.17) is 0 Å². The standard InChI is InChI=1S/C17H22N4O2.BrH/c1-4-18-15(22)11-20-9-6-10-21(20)12-16(23)19-17-13(2)7-5-8-14(17)3;/h5-10H,4,11-12H2,1-3H3,(H-,18,19,22,23);1H. The van der Waals surface area contributed by atoms with Crippen LogP contribution in [0, 0.1) is 13.8 Å². The number of aryl methyl sites for hydroxylation is 2. The Kier molecular flexibility index (Phi) is 7.64. The van der Waals surface area contributed by atoms with Gasteiger partial charge in [-0.15, -0.1) is 4.68 Å². The Balaban J connectivity index is 0.00000288. The number of para-hydroxylation sites is 1. The number of halogens is 1. The Morgan fingerprint density at radius 1 is 1.12 bits per heavy atom. The van der Waals surface area contributed by atoms with E-state index in [2.05, 4.69) is 10.6 Å². The predicted octanol–water partition coefficient (Wildman–Crippen LogP) is -1.83. The molecule has 2 rings (SSSR count). The highest BCUT2D eigenvalue weighted by Gasteiger charge is 2.17. The summed E-state index contributed by atoms with van der Waals surface area (Å²) in [6.45, 7) is 6.74. The number of hydrogen-bond donors (Lipinski definition) is 2. The second-order valence-electron chi connectivity index (χ2n) is 5.45. The molecule has 0 unspecified atom stereocenters. The number of hydrogen-bond acceptors (Lipinski definition) is 2. The molecule has 24 heavy (non-hydrogen) atoms. The summed E-state index contributed by atoms with van der Waals surface area (Å²) in [6.07, 6.45) is 3.56. The van der Waals surface area contributed by atoms with Crippen LogP contribution in [0.5, 0.6) is 0 Å². The Labute approximate surface area is 152 Å².